The Morgan fingerprint density at radius 2 is 1.93 bits per heavy atom. The van der Waals surface area contributed by atoms with Gasteiger partial charge in [0.1, 0.15) is 5.69 Å². The highest BCUT2D eigenvalue weighted by Gasteiger charge is 2.20. The Morgan fingerprint density at radius 1 is 1.11 bits per heavy atom. The van der Waals surface area contributed by atoms with Crippen LogP contribution in [-0.2, 0) is 0 Å². The van der Waals surface area contributed by atoms with E-state index < -0.39 is 5.82 Å². The molecule has 1 fully saturated rings. The second-order valence-electron chi connectivity index (χ2n) is 7.00. The summed E-state index contributed by atoms with van der Waals surface area (Å²) in [6.45, 7) is 0. The van der Waals surface area contributed by atoms with Crippen LogP contribution in [0.25, 0.3) is 16.9 Å². The van der Waals surface area contributed by atoms with Gasteiger partial charge in [-0.2, -0.15) is 0 Å². The lowest BCUT2D eigenvalue weighted by molar-refractivity contribution is 0.126. The van der Waals surface area contributed by atoms with Crippen molar-refractivity contribution in [1.29, 1.82) is 0 Å². The van der Waals surface area contributed by atoms with Crippen LogP contribution >= 0.6 is 0 Å². The highest BCUT2D eigenvalue weighted by Crippen LogP contribution is 2.25. The predicted molar refractivity (Wildman–Crippen MR) is 105 cm³/mol. The average molecular weight is 380 g/mol. The molecule has 0 bridgehead atoms. The van der Waals surface area contributed by atoms with E-state index >= 15 is 0 Å². The number of hydrogen-bond acceptors (Lipinski definition) is 5. The molecule has 144 valence electrons. The summed E-state index contributed by atoms with van der Waals surface area (Å²) in [7, 11) is 0. The summed E-state index contributed by atoms with van der Waals surface area (Å²) in [5.41, 5.74) is 1.22. The maximum Gasteiger partial charge on any atom is 0.255 e. The van der Waals surface area contributed by atoms with Gasteiger partial charge < -0.3 is 10.4 Å². The summed E-state index contributed by atoms with van der Waals surface area (Å²) in [4.78, 5) is 20.5. The fraction of sp³-hybridized carbons (Fsp3) is 0.286. The fourth-order valence-electron chi connectivity index (χ4n) is 3.49. The van der Waals surface area contributed by atoms with Crippen LogP contribution in [0.5, 0.6) is 0 Å². The molecule has 2 aromatic heterocycles. The molecule has 28 heavy (non-hydrogen) atoms. The smallest absolute Gasteiger partial charge is 0.255 e. The maximum absolute atomic E-state index is 14.4. The third-order valence-electron chi connectivity index (χ3n) is 4.99. The van der Waals surface area contributed by atoms with Gasteiger partial charge >= 0.3 is 0 Å². The molecule has 2 heterocycles. The molecular weight excluding hydrogens is 359 g/mol. The lowest BCUT2D eigenvalue weighted by Gasteiger charge is -2.26. The zero-order valence-corrected chi connectivity index (χ0v) is 15.3. The number of aliphatic hydroxyl groups excluding tert-OH is 1. The standard InChI is InChI=1S/C21H21FN4O2/c22-18-13-23-21(24-15-7-9-17(27)10-8-15)25-20(18)14-4-3-5-16(12-14)26-11-2-1-6-19(26)28/h1-6,11-13,15,17,27H,7-10H2,(H,23,24,25). The SMILES string of the molecule is O=c1ccccn1-c1cccc(-c2nc(NC3CCC(O)CC3)ncc2F)c1. The van der Waals surface area contributed by atoms with Crippen LogP contribution in [0.15, 0.2) is 59.7 Å². The van der Waals surface area contributed by atoms with Gasteiger partial charge in [-0.3, -0.25) is 9.36 Å². The Morgan fingerprint density at radius 3 is 2.71 bits per heavy atom. The third-order valence-corrected chi connectivity index (χ3v) is 4.99. The van der Waals surface area contributed by atoms with Gasteiger partial charge in [0.2, 0.25) is 5.95 Å². The van der Waals surface area contributed by atoms with Gasteiger partial charge in [0.05, 0.1) is 12.3 Å². The monoisotopic (exact) mass is 380 g/mol. The Hall–Kier alpha value is -3.06. The normalized spacial score (nSPS) is 19.4. The molecule has 0 spiro atoms. The van der Waals surface area contributed by atoms with Crippen LogP contribution in [0.2, 0.25) is 0 Å². The topological polar surface area (TPSA) is 80.0 Å². The molecule has 0 aliphatic heterocycles. The summed E-state index contributed by atoms with van der Waals surface area (Å²) in [6.07, 6.45) is 5.70. The lowest BCUT2D eigenvalue weighted by atomic mass is 9.93. The highest BCUT2D eigenvalue weighted by atomic mass is 19.1. The number of halogens is 1. The van der Waals surface area contributed by atoms with Crippen molar-refractivity contribution in [2.75, 3.05) is 5.32 Å². The van der Waals surface area contributed by atoms with Crippen LogP contribution in [0, 0.1) is 5.82 Å². The first-order chi connectivity index (χ1) is 13.6. The first kappa shape index (κ1) is 18.3. The molecule has 0 amide bonds. The van der Waals surface area contributed by atoms with Crippen molar-refractivity contribution in [2.24, 2.45) is 0 Å². The van der Waals surface area contributed by atoms with Crippen molar-refractivity contribution in [3.05, 3.63) is 71.0 Å². The van der Waals surface area contributed by atoms with Crippen molar-refractivity contribution in [2.45, 2.75) is 37.8 Å². The van der Waals surface area contributed by atoms with Crippen molar-refractivity contribution in [3.63, 3.8) is 0 Å². The van der Waals surface area contributed by atoms with Crippen molar-refractivity contribution in [3.8, 4) is 16.9 Å². The molecule has 0 atom stereocenters. The van der Waals surface area contributed by atoms with E-state index in [1.807, 2.05) is 0 Å². The number of rotatable bonds is 4. The van der Waals surface area contributed by atoms with Gasteiger partial charge in [-0.15, -0.1) is 0 Å². The van der Waals surface area contributed by atoms with Crippen LogP contribution < -0.4 is 10.9 Å². The molecule has 1 saturated carbocycles. The van der Waals surface area contributed by atoms with Gasteiger partial charge in [-0.05, 0) is 43.9 Å². The number of nitrogens with zero attached hydrogens (tertiary/aromatic N) is 3. The fourth-order valence-corrected chi connectivity index (χ4v) is 3.49. The van der Waals surface area contributed by atoms with Gasteiger partial charge in [-0.25, -0.2) is 14.4 Å². The van der Waals surface area contributed by atoms with E-state index in [1.54, 1.807) is 42.6 Å². The highest BCUT2D eigenvalue weighted by molar-refractivity contribution is 5.63. The van der Waals surface area contributed by atoms with Gasteiger partial charge in [0.15, 0.2) is 5.82 Å². The minimum Gasteiger partial charge on any atom is -0.393 e. The van der Waals surface area contributed by atoms with E-state index in [0.717, 1.165) is 31.9 Å². The van der Waals surface area contributed by atoms with E-state index in [2.05, 4.69) is 15.3 Å². The van der Waals surface area contributed by atoms with Gasteiger partial charge in [-0.1, -0.05) is 18.2 Å². The number of benzene rings is 1. The summed E-state index contributed by atoms with van der Waals surface area (Å²) >= 11 is 0. The molecule has 0 radical (unpaired) electrons. The first-order valence-electron chi connectivity index (χ1n) is 9.36. The van der Waals surface area contributed by atoms with Crippen molar-refractivity contribution >= 4 is 5.95 Å². The van der Waals surface area contributed by atoms with Crippen LogP contribution in [0.4, 0.5) is 10.3 Å². The minimum atomic E-state index is -0.526. The minimum absolute atomic E-state index is 0.162. The number of anilines is 1. The van der Waals surface area contributed by atoms with Gasteiger partial charge in [0, 0.05) is 29.6 Å². The second kappa shape index (κ2) is 7.90. The molecular formula is C21H21FN4O2. The second-order valence-corrected chi connectivity index (χ2v) is 7.00. The average Bonchev–Trinajstić information content (AvgIpc) is 2.71. The first-order valence-corrected chi connectivity index (χ1v) is 9.36. The molecule has 6 nitrogen and oxygen atoms in total. The zero-order chi connectivity index (χ0) is 19.5. The zero-order valence-electron chi connectivity index (χ0n) is 15.3. The quantitative estimate of drug-likeness (QED) is 0.727. The largest absolute Gasteiger partial charge is 0.393 e. The van der Waals surface area contributed by atoms with E-state index in [4.69, 9.17) is 0 Å². The Bertz CT molecular complexity index is 1030. The molecule has 1 aliphatic carbocycles. The van der Waals surface area contributed by atoms with Crippen LogP contribution in [0.3, 0.4) is 0 Å². The predicted octanol–water partition coefficient (Wildman–Crippen LogP) is 3.15. The van der Waals surface area contributed by atoms with Crippen LogP contribution in [-0.4, -0.2) is 31.8 Å². The third kappa shape index (κ3) is 3.94. The van der Waals surface area contributed by atoms with Crippen LogP contribution in [0.1, 0.15) is 25.7 Å². The van der Waals surface area contributed by atoms with E-state index in [9.17, 15) is 14.3 Å². The number of hydrogen-bond donors (Lipinski definition) is 2. The molecule has 2 N–H and O–H groups in total. The summed E-state index contributed by atoms with van der Waals surface area (Å²) in [6, 6.07) is 12.1. The number of aliphatic hydroxyl groups is 1. The van der Waals surface area contributed by atoms with Crippen molar-refractivity contribution < 1.29 is 9.50 Å². The maximum atomic E-state index is 14.4. The number of aromatic nitrogens is 3. The molecule has 0 unspecified atom stereocenters. The Balaban J connectivity index is 1.63. The lowest BCUT2D eigenvalue weighted by Crippen LogP contribution is -2.29. The Labute approximate surface area is 161 Å². The van der Waals surface area contributed by atoms with E-state index in [0.29, 0.717) is 17.2 Å². The van der Waals surface area contributed by atoms with Gasteiger partial charge in [0.25, 0.3) is 5.56 Å². The number of pyridine rings is 1. The molecule has 1 aromatic carbocycles. The van der Waals surface area contributed by atoms with E-state index in [1.165, 1.54) is 10.6 Å². The summed E-state index contributed by atoms with van der Waals surface area (Å²) < 4.78 is 15.9. The molecule has 0 saturated heterocycles. The number of nitrogens with one attached hydrogen (secondary N) is 1. The Kier molecular flexibility index (Phi) is 5.16. The molecule has 4 rings (SSSR count). The summed E-state index contributed by atoms with van der Waals surface area (Å²) in [5, 5.41) is 12.9. The summed E-state index contributed by atoms with van der Waals surface area (Å²) in [5.74, 6) is -0.165. The van der Waals surface area contributed by atoms with E-state index in [-0.39, 0.29) is 23.4 Å². The molecule has 3 aromatic rings. The van der Waals surface area contributed by atoms with Crippen molar-refractivity contribution in [1.82, 2.24) is 14.5 Å². The molecule has 1 aliphatic rings. The molecule has 7 heteroatoms.